The van der Waals surface area contributed by atoms with Crippen molar-refractivity contribution in [1.82, 2.24) is 0 Å². The van der Waals surface area contributed by atoms with Crippen molar-refractivity contribution in [2.45, 2.75) is 51.9 Å². The molecule has 1 aromatic heterocycles. The van der Waals surface area contributed by atoms with E-state index in [1.165, 1.54) is 11.1 Å². The number of rotatable bonds is 9. The molecular weight excluding hydrogens is 351 g/mol. The Morgan fingerprint density at radius 3 is 2.36 bits per heavy atom. The lowest BCUT2D eigenvalue weighted by molar-refractivity contribution is 0.469. The Kier molecular flexibility index (Phi) is 6.80. The Bertz CT molecular complexity index is 999. The van der Waals surface area contributed by atoms with Crippen molar-refractivity contribution in [1.29, 1.82) is 0 Å². The van der Waals surface area contributed by atoms with Gasteiger partial charge in [-0.3, -0.25) is 0 Å². The number of hydrogen-bond donors (Lipinski definition) is 0. The zero-order chi connectivity index (χ0) is 19.9. The molecule has 0 spiro atoms. The van der Waals surface area contributed by atoms with Gasteiger partial charge in [0.1, 0.15) is 17.0 Å². The van der Waals surface area contributed by atoms with Crippen molar-refractivity contribution in [2.75, 3.05) is 0 Å². The third kappa shape index (κ3) is 4.78. The summed E-state index contributed by atoms with van der Waals surface area (Å²) in [6.07, 6.45) is 8.02. The van der Waals surface area contributed by atoms with Gasteiger partial charge in [0.2, 0.25) is 0 Å². The van der Waals surface area contributed by atoms with E-state index >= 15 is 0 Å². The summed E-state index contributed by atoms with van der Waals surface area (Å²) >= 11 is 0. The Labute approximate surface area is 165 Å². The van der Waals surface area contributed by atoms with Gasteiger partial charge in [-0.2, -0.15) is 0 Å². The molecule has 0 amide bonds. The summed E-state index contributed by atoms with van der Waals surface area (Å²) in [6, 6.07) is 14.1. The van der Waals surface area contributed by atoms with Crippen molar-refractivity contribution < 1.29 is 8.81 Å². The van der Waals surface area contributed by atoms with E-state index in [4.69, 9.17) is 4.42 Å². The summed E-state index contributed by atoms with van der Waals surface area (Å²) in [4.78, 5) is 12.1. The van der Waals surface area contributed by atoms with Crippen LogP contribution in [0.25, 0.3) is 10.8 Å². The molecule has 0 aliphatic carbocycles. The van der Waals surface area contributed by atoms with Gasteiger partial charge in [-0.1, -0.05) is 49.4 Å². The molecule has 28 heavy (non-hydrogen) atoms. The van der Waals surface area contributed by atoms with Crippen molar-refractivity contribution in [3.63, 3.8) is 0 Å². The van der Waals surface area contributed by atoms with E-state index < -0.39 is 11.4 Å². The molecule has 0 bridgehead atoms. The average Bonchev–Trinajstić information content (AvgIpc) is 2.71. The van der Waals surface area contributed by atoms with Crippen molar-refractivity contribution in [2.24, 2.45) is 0 Å². The molecule has 3 heteroatoms. The van der Waals surface area contributed by atoms with Gasteiger partial charge in [-0.05, 0) is 66.7 Å². The van der Waals surface area contributed by atoms with Crippen LogP contribution in [0.4, 0.5) is 4.39 Å². The first-order valence-corrected chi connectivity index (χ1v) is 10.0. The lowest BCUT2D eigenvalue weighted by Gasteiger charge is -2.07. The maximum absolute atomic E-state index is 14.8. The monoisotopic (exact) mass is 378 g/mol. The summed E-state index contributed by atoms with van der Waals surface area (Å²) in [5, 5.41) is 0.690. The van der Waals surface area contributed by atoms with E-state index in [9.17, 15) is 9.18 Å². The molecule has 2 nitrogen and oxygen atoms in total. The summed E-state index contributed by atoms with van der Waals surface area (Å²) in [7, 11) is 0. The Balaban J connectivity index is 1.59. The van der Waals surface area contributed by atoms with Gasteiger partial charge in [0.05, 0.1) is 0 Å². The normalized spacial score (nSPS) is 11.1. The van der Waals surface area contributed by atoms with E-state index in [1.54, 1.807) is 12.1 Å². The van der Waals surface area contributed by atoms with Crippen LogP contribution in [0.1, 0.15) is 48.6 Å². The number of aryl methyl sites for hydroxylation is 4. The van der Waals surface area contributed by atoms with Crippen LogP contribution < -0.4 is 5.63 Å². The minimum absolute atomic E-state index is 0.0739. The lowest BCUT2D eigenvalue weighted by Crippen LogP contribution is -2.06. The molecule has 2 aromatic carbocycles. The second-order valence-electron chi connectivity index (χ2n) is 7.21. The van der Waals surface area contributed by atoms with Gasteiger partial charge in [0, 0.05) is 6.42 Å². The van der Waals surface area contributed by atoms with Crippen LogP contribution in [-0.2, 0) is 25.7 Å². The van der Waals surface area contributed by atoms with Gasteiger partial charge in [0.15, 0.2) is 0 Å². The first kappa shape index (κ1) is 20.1. The van der Waals surface area contributed by atoms with Gasteiger partial charge in [-0.15, -0.1) is 6.58 Å². The maximum atomic E-state index is 14.8. The van der Waals surface area contributed by atoms with Gasteiger partial charge < -0.3 is 4.42 Å². The van der Waals surface area contributed by atoms with E-state index in [1.807, 2.05) is 19.1 Å². The van der Waals surface area contributed by atoms with Crippen LogP contribution in [-0.4, -0.2) is 0 Å². The minimum Gasteiger partial charge on any atom is -0.427 e. The molecule has 1 heterocycles. The fourth-order valence-corrected chi connectivity index (χ4v) is 3.49. The minimum atomic E-state index is -0.578. The Morgan fingerprint density at radius 1 is 1.00 bits per heavy atom. The van der Waals surface area contributed by atoms with E-state index in [0.29, 0.717) is 29.6 Å². The second kappa shape index (κ2) is 9.50. The first-order valence-electron chi connectivity index (χ1n) is 10.0. The molecule has 0 N–H and O–H groups in total. The lowest BCUT2D eigenvalue weighted by atomic mass is 10.00. The summed E-state index contributed by atoms with van der Waals surface area (Å²) in [6.45, 7) is 5.66. The summed E-state index contributed by atoms with van der Waals surface area (Å²) < 4.78 is 20.0. The summed E-state index contributed by atoms with van der Waals surface area (Å²) in [5.41, 5.74) is 2.63. The van der Waals surface area contributed by atoms with E-state index in [0.717, 1.165) is 32.1 Å². The zero-order valence-corrected chi connectivity index (χ0v) is 16.5. The molecular formula is C25H27FO2. The highest BCUT2D eigenvalue weighted by Gasteiger charge is 2.13. The summed E-state index contributed by atoms with van der Waals surface area (Å²) in [5.74, 6) is 0.153. The van der Waals surface area contributed by atoms with Crippen LogP contribution in [0.2, 0.25) is 0 Å². The first-order chi connectivity index (χ1) is 13.6. The topological polar surface area (TPSA) is 30.2 Å². The highest BCUT2D eigenvalue weighted by atomic mass is 19.1. The number of unbranched alkanes of at least 4 members (excludes halogenated alkanes) is 1. The molecule has 0 fully saturated rings. The molecule has 0 radical (unpaired) electrons. The molecule has 3 aromatic rings. The zero-order valence-electron chi connectivity index (χ0n) is 16.5. The predicted octanol–water partition coefficient (Wildman–Crippen LogP) is 6.18. The van der Waals surface area contributed by atoms with Crippen molar-refractivity contribution in [3.05, 3.63) is 93.8 Å². The quantitative estimate of drug-likeness (QED) is 0.329. The van der Waals surface area contributed by atoms with Crippen LogP contribution >= 0.6 is 0 Å². The van der Waals surface area contributed by atoms with Gasteiger partial charge >= 0.3 is 5.63 Å². The fraction of sp³-hybridized carbons (Fsp3) is 0.320. The van der Waals surface area contributed by atoms with Gasteiger partial charge in [0.25, 0.3) is 0 Å². The number of hydrogen-bond acceptors (Lipinski definition) is 2. The average molecular weight is 378 g/mol. The van der Waals surface area contributed by atoms with E-state index in [-0.39, 0.29) is 5.39 Å². The molecule has 3 rings (SSSR count). The molecule has 0 aliphatic rings. The van der Waals surface area contributed by atoms with Crippen LogP contribution in [0.15, 0.2) is 64.3 Å². The standard InChI is InChI=1S/C25H27FO2/c1-3-5-8-18-11-13-19(14-12-18)9-6-7-10-20-15-16-21-17-22(4-2)28-25(27)23(21)24(20)26/h3,11-17H,1,4-10H2,2H3. The number of halogens is 1. The smallest absolute Gasteiger partial charge is 0.346 e. The second-order valence-corrected chi connectivity index (χ2v) is 7.21. The highest BCUT2D eigenvalue weighted by Crippen LogP contribution is 2.21. The number of allylic oxidation sites excluding steroid dienone is 1. The fourth-order valence-electron chi connectivity index (χ4n) is 3.49. The number of fused-ring (bicyclic) bond motifs is 1. The van der Waals surface area contributed by atoms with Crippen molar-refractivity contribution in [3.8, 4) is 0 Å². The molecule has 0 aliphatic heterocycles. The maximum Gasteiger partial charge on any atom is 0.346 e. The van der Waals surface area contributed by atoms with Crippen LogP contribution in [0.5, 0.6) is 0 Å². The Morgan fingerprint density at radius 2 is 1.68 bits per heavy atom. The van der Waals surface area contributed by atoms with Crippen LogP contribution in [0, 0.1) is 5.82 Å². The predicted molar refractivity (Wildman–Crippen MR) is 113 cm³/mol. The number of benzene rings is 2. The third-order valence-electron chi connectivity index (χ3n) is 5.17. The molecule has 146 valence electrons. The molecule has 0 unspecified atom stereocenters. The molecule has 0 saturated carbocycles. The van der Waals surface area contributed by atoms with Crippen LogP contribution in [0.3, 0.4) is 0 Å². The Hall–Kier alpha value is -2.68. The van der Waals surface area contributed by atoms with Gasteiger partial charge in [-0.25, -0.2) is 9.18 Å². The van der Waals surface area contributed by atoms with E-state index in [2.05, 4.69) is 30.8 Å². The SMILES string of the molecule is C=CCCc1ccc(CCCCc2ccc3cc(CC)oc(=O)c3c2F)cc1. The molecule has 0 saturated heterocycles. The van der Waals surface area contributed by atoms with Crippen molar-refractivity contribution >= 4 is 10.8 Å². The third-order valence-corrected chi connectivity index (χ3v) is 5.17. The highest BCUT2D eigenvalue weighted by molar-refractivity contribution is 5.82. The molecule has 0 atom stereocenters. The largest absolute Gasteiger partial charge is 0.427 e.